The highest BCUT2D eigenvalue weighted by molar-refractivity contribution is 6.11. The molecule has 8 aromatic rings. The fourth-order valence-corrected chi connectivity index (χ4v) is 6.37. The van der Waals surface area contributed by atoms with Crippen molar-refractivity contribution in [3.8, 4) is 0 Å². The number of para-hydroxylation sites is 3. The Kier molecular flexibility index (Phi) is 6.51. The second-order valence-corrected chi connectivity index (χ2v) is 11.0. The van der Waals surface area contributed by atoms with Crippen LogP contribution in [-0.2, 0) is 0 Å². The molecular weight excluding hydrogens is 532 g/mol. The monoisotopic (exact) mass is 562 g/mol. The molecule has 0 amide bonds. The number of anilines is 6. The van der Waals surface area contributed by atoms with Crippen LogP contribution in [0.25, 0.3) is 32.3 Å². The molecule has 0 unspecified atom stereocenters. The molecule has 0 aromatic heterocycles. The van der Waals surface area contributed by atoms with Gasteiger partial charge >= 0.3 is 0 Å². The van der Waals surface area contributed by atoms with Crippen LogP contribution in [-0.4, -0.2) is 0 Å². The summed E-state index contributed by atoms with van der Waals surface area (Å²) >= 11 is 0. The molecule has 8 aromatic carbocycles. The van der Waals surface area contributed by atoms with Crippen molar-refractivity contribution in [2.24, 2.45) is 0 Å². The van der Waals surface area contributed by atoms with Crippen molar-refractivity contribution in [2.45, 2.75) is 0 Å². The molecule has 0 aliphatic rings. The fourth-order valence-electron chi connectivity index (χ4n) is 6.37. The number of hydrogen-bond donors (Lipinski definition) is 0. The summed E-state index contributed by atoms with van der Waals surface area (Å²) in [5.41, 5.74) is 6.79. The Morgan fingerprint density at radius 2 is 0.659 bits per heavy atom. The largest absolute Gasteiger partial charge is 0.310 e. The summed E-state index contributed by atoms with van der Waals surface area (Å²) in [6.07, 6.45) is 0. The van der Waals surface area contributed by atoms with Crippen molar-refractivity contribution >= 4 is 66.4 Å². The minimum absolute atomic E-state index is 1.12. The first-order chi connectivity index (χ1) is 21.8. The minimum atomic E-state index is 1.12. The van der Waals surface area contributed by atoms with Gasteiger partial charge in [0, 0.05) is 33.2 Å². The van der Waals surface area contributed by atoms with Crippen LogP contribution < -0.4 is 9.80 Å². The van der Waals surface area contributed by atoms with Crippen LogP contribution >= 0.6 is 0 Å². The molecule has 0 heterocycles. The van der Waals surface area contributed by atoms with Gasteiger partial charge in [0.25, 0.3) is 0 Å². The van der Waals surface area contributed by atoms with E-state index in [-0.39, 0.29) is 0 Å². The van der Waals surface area contributed by atoms with E-state index >= 15 is 0 Å². The molecule has 208 valence electrons. The van der Waals surface area contributed by atoms with Crippen molar-refractivity contribution < 1.29 is 0 Å². The molecule has 44 heavy (non-hydrogen) atoms. The third-order valence-corrected chi connectivity index (χ3v) is 8.37. The van der Waals surface area contributed by atoms with Gasteiger partial charge in [0.2, 0.25) is 0 Å². The predicted molar refractivity (Wildman–Crippen MR) is 188 cm³/mol. The Bertz CT molecular complexity index is 2190. The van der Waals surface area contributed by atoms with Crippen molar-refractivity contribution in [3.05, 3.63) is 182 Å². The van der Waals surface area contributed by atoms with E-state index in [4.69, 9.17) is 0 Å². The average molecular weight is 563 g/mol. The zero-order valence-electron chi connectivity index (χ0n) is 24.2. The number of rotatable bonds is 6. The minimum Gasteiger partial charge on any atom is -0.310 e. The van der Waals surface area contributed by atoms with Crippen molar-refractivity contribution in [3.63, 3.8) is 0 Å². The van der Waals surface area contributed by atoms with Crippen LogP contribution in [0.2, 0.25) is 0 Å². The highest BCUT2D eigenvalue weighted by atomic mass is 15.2. The van der Waals surface area contributed by atoms with Gasteiger partial charge in [-0.15, -0.1) is 0 Å². The van der Waals surface area contributed by atoms with E-state index in [0.717, 1.165) is 34.1 Å². The van der Waals surface area contributed by atoms with E-state index in [9.17, 15) is 0 Å². The van der Waals surface area contributed by atoms with Gasteiger partial charge in [-0.1, -0.05) is 115 Å². The molecule has 0 aliphatic carbocycles. The standard InChI is InChI=1S/C42H30N2/c1-4-18-34(19-5-1)43(35-20-6-2-7-21-35)41-27-28-42(38-25-13-12-24-37(38)41)44(36-22-8-3-9-23-36)40-26-14-17-33-29-31-15-10-11-16-32(31)30-39(33)40/h1-30H. The third-order valence-electron chi connectivity index (χ3n) is 8.37. The zero-order valence-corrected chi connectivity index (χ0v) is 24.2. The van der Waals surface area contributed by atoms with Crippen molar-refractivity contribution in [1.29, 1.82) is 0 Å². The lowest BCUT2D eigenvalue weighted by Crippen LogP contribution is -2.13. The van der Waals surface area contributed by atoms with Gasteiger partial charge in [0.15, 0.2) is 0 Å². The van der Waals surface area contributed by atoms with Gasteiger partial charge in [-0.3, -0.25) is 0 Å². The molecule has 0 spiro atoms. The van der Waals surface area contributed by atoms with Gasteiger partial charge in [-0.25, -0.2) is 0 Å². The number of nitrogens with zero attached hydrogens (tertiary/aromatic N) is 2. The maximum Gasteiger partial charge on any atom is 0.0541 e. The SMILES string of the molecule is c1ccc(N(c2ccccc2)c2ccc(N(c3ccccc3)c3cccc4cc5ccccc5cc34)c3ccccc23)cc1. The first-order valence-corrected chi connectivity index (χ1v) is 15.0. The topological polar surface area (TPSA) is 6.48 Å². The van der Waals surface area contributed by atoms with E-state index in [1.807, 2.05) is 0 Å². The molecular formula is C42H30N2. The van der Waals surface area contributed by atoms with E-state index in [1.54, 1.807) is 0 Å². The van der Waals surface area contributed by atoms with Gasteiger partial charge in [-0.2, -0.15) is 0 Å². The maximum atomic E-state index is 2.42. The molecule has 0 atom stereocenters. The summed E-state index contributed by atoms with van der Waals surface area (Å²) in [5, 5.41) is 7.30. The summed E-state index contributed by atoms with van der Waals surface area (Å²) in [5.74, 6) is 0. The molecule has 0 saturated carbocycles. The van der Waals surface area contributed by atoms with Crippen molar-refractivity contribution in [1.82, 2.24) is 0 Å². The Labute approximate surface area is 257 Å². The molecule has 2 heteroatoms. The van der Waals surface area contributed by atoms with Crippen LogP contribution in [0.15, 0.2) is 182 Å². The Morgan fingerprint density at radius 1 is 0.250 bits per heavy atom. The summed E-state index contributed by atoms with van der Waals surface area (Å²) < 4.78 is 0. The summed E-state index contributed by atoms with van der Waals surface area (Å²) in [7, 11) is 0. The summed E-state index contributed by atoms with van der Waals surface area (Å²) in [6, 6.07) is 65.1. The Hall–Kier alpha value is -5.86. The van der Waals surface area contributed by atoms with Crippen LogP contribution in [0, 0.1) is 0 Å². The van der Waals surface area contributed by atoms with E-state index in [0.29, 0.717) is 0 Å². The van der Waals surface area contributed by atoms with Crippen molar-refractivity contribution in [2.75, 3.05) is 9.80 Å². The second kappa shape index (κ2) is 11.1. The second-order valence-electron chi connectivity index (χ2n) is 11.0. The van der Waals surface area contributed by atoms with Gasteiger partial charge in [0.1, 0.15) is 0 Å². The van der Waals surface area contributed by atoms with E-state index in [1.165, 1.54) is 32.3 Å². The Morgan fingerprint density at radius 3 is 1.23 bits per heavy atom. The molecule has 0 bridgehead atoms. The normalized spacial score (nSPS) is 11.2. The smallest absolute Gasteiger partial charge is 0.0541 e. The molecule has 0 saturated heterocycles. The molecule has 0 N–H and O–H groups in total. The lowest BCUT2D eigenvalue weighted by atomic mass is 9.99. The maximum absolute atomic E-state index is 2.42. The molecule has 0 aliphatic heterocycles. The fraction of sp³-hybridized carbons (Fsp3) is 0. The molecule has 0 radical (unpaired) electrons. The third kappa shape index (κ3) is 4.54. The van der Waals surface area contributed by atoms with E-state index in [2.05, 4.69) is 192 Å². The lowest BCUT2D eigenvalue weighted by Gasteiger charge is -2.31. The summed E-state index contributed by atoms with van der Waals surface area (Å²) in [4.78, 5) is 4.77. The first-order valence-electron chi connectivity index (χ1n) is 15.0. The molecule has 2 nitrogen and oxygen atoms in total. The van der Waals surface area contributed by atoms with E-state index < -0.39 is 0 Å². The van der Waals surface area contributed by atoms with Gasteiger partial charge in [-0.05, 0) is 82.9 Å². The first kappa shape index (κ1) is 25.8. The predicted octanol–water partition coefficient (Wildman–Crippen LogP) is 12.1. The van der Waals surface area contributed by atoms with Crippen LogP contribution in [0.5, 0.6) is 0 Å². The quantitative estimate of drug-likeness (QED) is 0.186. The van der Waals surface area contributed by atoms with Crippen LogP contribution in [0.1, 0.15) is 0 Å². The highest BCUT2D eigenvalue weighted by Gasteiger charge is 2.21. The van der Waals surface area contributed by atoms with Crippen LogP contribution in [0.4, 0.5) is 34.1 Å². The summed E-state index contributed by atoms with van der Waals surface area (Å²) in [6.45, 7) is 0. The molecule has 8 rings (SSSR count). The number of benzene rings is 8. The number of hydrogen-bond acceptors (Lipinski definition) is 2. The van der Waals surface area contributed by atoms with Gasteiger partial charge < -0.3 is 9.80 Å². The lowest BCUT2D eigenvalue weighted by molar-refractivity contribution is 1.28. The molecule has 0 fully saturated rings. The zero-order chi connectivity index (χ0) is 29.3. The highest BCUT2D eigenvalue weighted by Crippen LogP contribution is 2.46. The average Bonchev–Trinajstić information content (AvgIpc) is 3.10. The van der Waals surface area contributed by atoms with Crippen LogP contribution in [0.3, 0.4) is 0 Å². The number of fused-ring (bicyclic) bond motifs is 3. The van der Waals surface area contributed by atoms with Gasteiger partial charge in [0.05, 0.1) is 17.1 Å². The Balaban J connectivity index is 1.39.